The van der Waals surface area contributed by atoms with Crippen LogP contribution in [-0.4, -0.2) is 17.0 Å². The van der Waals surface area contributed by atoms with Gasteiger partial charge in [-0.1, -0.05) is 12.8 Å². The highest BCUT2D eigenvalue weighted by atomic mass is 35.5. The van der Waals surface area contributed by atoms with E-state index >= 15 is 0 Å². The molecule has 0 aliphatic heterocycles. The van der Waals surface area contributed by atoms with Gasteiger partial charge in [-0.05, 0) is 31.5 Å². The maximum atomic E-state index is 11.7. The van der Waals surface area contributed by atoms with Crippen molar-refractivity contribution in [3.8, 4) is 0 Å². The number of pyridine rings is 1. The Bertz CT molecular complexity index is 446. The van der Waals surface area contributed by atoms with E-state index in [0.717, 1.165) is 25.7 Å². The molecule has 0 saturated carbocycles. The summed E-state index contributed by atoms with van der Waals surface area (Å²) in [6, 6.07) is 3.35. The van der Waals surface area contributed by atoms with E-state index in [9.17, 15) is 9.59 Å². The largest absolute Gasteiger partial charge is 0.330 e. The van der Waals surface area contributed by atoms with E-state index in [4.69, 9.17) is 5.73 Å². The van der Waals surface area contributed by atoms with Crippen molar-refractivity contribution in [2.24, 2.45) is 12.8 Å². The molecule has 0 aromatic carbocycles. The van der Waals surface area contributed by atoms with E-state index in [1.165, 1.54) is 4.57 Å². The quantitative estimate of drug-likeness (QED) is 0.749. The second-order valence-electron chi connectivity index (χ2n) is 4.34. The van der Waals surface area contributed by atoms with Gasteiger partial charge in [-0.15, -0.1) is 12.4 Å². The van der Waals surface area contributed by atoms with Crippen LogP contribution < -0.4 is 16.6 Å². The number of amides is 1. The summed E-state index contributed by atoms with van der Waals surface area (Å²) in [4.78, 5) is 23.3. The summed E-state index contributed by atoms with van der Waals surface area (Å²) in [6.07, 6.45) is 5.99. The molecule has 19 heavy (non-hydrogen) atoms. The van der Waals surface area contributed by atoms with E-state index in [1.54, 1.807) is 25.4 Å². The van der Waals surface area contributed by atoms with E-state index in [-0.39, 0.29) is 23.9 Å². The lowest BCUT2D eigenvalue weighted by Gasteiger charge is -2.05. The molecular weight excluding hydrogens is 266 g/mol. The molecule has 1 amide bonds. The number of hydrogen-bond donors (Lipinski definition) is 2. The minimum absolute atomic E-state index is 0. The highest BCUT2D eigenvalue weighted by Crippen LogP contribution is 2.04. The zero-order valence-electron chi connectivity index (χ0n) is 11.2. The number of anilines is 1. The molecule has 0 atom stereocenters. The predicted molar refractivity (Wildman–Crippen MR) is 79.7 cm³/mol. The fourth-order valence-corrected chi connectivity index (χ4v) is 1.69. The number of hydrogen-bond acceptors (Lipinski definition) is 3. The first-order valence-electron chi connectivity index (χ1n) is 6.30. The predicted octanol–water partition coefficient (Wildman–Crippen LogP) is 1.65. The molecule has 0 spiro atoms. The van der Waals surface area contributed by atoms with Gasteiger partial charge in [0.05, 0.1) is 0 Å². The second-order valence-corrected chi connectivity index (χ2v) is 4.34. The number of aryl methyl sites for hydroxylation is 1. The number of carbonyl (C=O) groups is 1. The van der Waals surface area contributed by atoms with Crippen molar-refractivity contribution in [2.45, 2.75) is 32.1 Å². The molecule has 0 radical (unpaired) electrons. The third kappa shape index (κ3) is 6.40. The SMILES string of the molecule is Cl.Cn1cccc(NC(=O)CCCCCCN)c1=O. The van der Waals surface area contributed by atoms with Gasteiger partial charge in [0, 0.05) is 19.7 Å². The van der Waals surface area contributed by atoms with E-state index in [2.05, 4.69) is 5.32 Å². The molecule has 0 aliphatic carbocycles. The van der Waals surface area contributed by atoms with Crippen molar-refractivity contribution in [1.29, 1.82) is 0 Å². The smallest absolute Gasteiger partial charge is 0.274 e. The third-order valence-corrected chi connectivity index (χ3v) is 2.76. The van der Waals surface area contributed by atoms with Crippen LogP contribution in [0.1, 0.15) is 32.1 Å². The third-order valence-electron chi connectivity index (χ3n) is 2.76. The van der Waals surface area contributed by atoms with Crippen LogP contribution in [-0.2, 0) is 11.8 Å². The average Bonchev–Trinajstić information content (AvgIpc) is 2.35. The summed E-state index contributed by atoms with van der Waals surface area (Å²) in [6.45, 7) is 0.701. The number of unbranched alkanes of at least 4 members (excludes halogenated alkanes) is 3. The van der Waals surface area contributed by atoms with Crippen molar-refractivity contribution in [3.05, 3.63) is 28.7 Å². The van der Waals surface area contributed by atoms with Crippen LogP contribution in [0.15, 0.2) is 23.1 Å². The van der Waals surface area contributed by atoms with Crippen LogP contribution in [0, 0.1) is 0 Å². The summed E-state index contributed by atoms with van der Waals surface area (Å²) in [5, 5.41) is 2.64. The highest BCUT2D eigenvalue weighted by Gasteiger charge is 2.05. The lowest BCUT2D eigenvalue weighted by atomic mass is 10.1. The molecule has 0 aliphatic rings. The number of nitrogens with zero attached hydrogens (tertiary/aromatic N) is 1. The maximum Gasteiger partial charge on any atom is 0.274 e. The topological polar surface area (TPSA) is 77.1 Å². The first-order valence-corrected chi connectivity index (χ1v) is 6.30. The zero-order valence-corrected chi connectivity index (χ0v) is 12.0. The number of nitrogens with two attached hydrogens (primary N) is 1. The zero-order chi connectivity index (χ0) is 13.4. The van der Waals surface area contributed by atoms with Crippen LogP contribution in [0.25, 0.3) is 0 Å². The normalized spacial score (nSPS) is 9.79. The van der Waals surface area contributed by atoms with E-state index in [1.807, 2.05) is 0 Å². The summed E-state index contributed by atoms with van der Waals surface area (Å²) in [5.41, 5.74) is 5.54. The molecule has 0 saturated heterocycles. The Morgan fingerprint density at radius 3 is 2.68 bits per heavy atom. The van der Waals surface area contributed by atoms with Crippen LogP contribution in [0.5, 0.6) is 0 Å². The molecule has 0 bridgehead atoms. The minimum Gasteiger partial charge on any atom is -0.330 e. The Labute approximate surface area is 119 Å². The Morgan fingerprint density at radius 2 is 2.00 bits per heavy atom. The molecule has 0 unspecified atom stereocenters. The van der Waals surface area contributed by atoms with Crippen LogP contribution in [0.2, 0.25) is 0 Å². The number of nitrogens with one attached hydrogen (secondary N) is 1. The fourth-order valence-electron chi connectivity index (χ4n) is 1.69. The summed E-state index contributed by atoms with van der Waals surface area (Å²) in [5.74, 6) is -0.106. The molecule has 3 N–H and O–H groups in total. The molecule has 1 rings (SSSR count). The molecule has 6 heteroatoms. The molecule has 108 valence electrons. The highest BCUT2D eigenvalue weighted by molar-refractivity contribution is 5.90. The van der Waals surface area contributed by atoms with E-state index in [0.29, 0.717) is 18.7 Å². The van der Waals surface area contributed by atoms with Gasteiger partial charge in [0.15, 0.2) is 0 Å². The van der Waals surface area contributed by atoms with E-state index < -0.39 is 0 Å². The molecule has 0 fully saturated rings. The molecule has 1 aromatic rings. The van der Waals surface area contributed by atoms with Crippen molar-refractivity contribution in [1.82, 2.24) is 4.57 Å². The number of halogens is 1. The van der Waals surface area contributed by atoms with Gasteiger partial charge >= 0.3 is 0 Å². The Balaban J connectivity index is 0.00000324. The monoisotopic (exact) mass is 287 g/mol. The summed E-state index contributed by atoms with van der Waals surface area (Å²) >= 11 is 0. The van der Waals surface area contributed by atoms with Crippen molar-refractivity contribution in [3.63, 3.8) is 0 Å². The Kier molecular flexibility index (Phi) is 8.91. The maximum absolute atomic E-state index is 11.7. The first kappa shape index (κ1) is 17.7. The number of carbonyl (C=O) groups excluding carboxylic acids is 1. The van der Waals surface area contributed by atoms with Gasteiger partial charge in [0.1, 0.15) is 5.69 Å². The van der Waals surface area contributed by atoms with Gasteiger partial charge in [-0.25, -0.2) is 0 Å². The van der Waals surface area contributed by atoms with Gasteiger partial charge in [-0.2, -0.15) is 0 Å². The lowest BCUT2D eigenvalue weighted by Crippen LogP contribution is -2.23. The van der Waals surface area contributed by atoms with Gasteiger partial charge in [0.25, 0.3) is 5.56 Å². The lowest BCUT2D eigenvalue weighted by molar-refractivity contribution is -0.116. The Morgan fingerprint density at radius 1 is 1.32 bits per heavy atom. The number of aromatic nitrogens is 1. The van der Waals surface area contributed by atoms with Crippen molar-refractivity contribution >= 4 is 24.0 Å². The fraction of sp³-hybridized carbons (Fsp3) is 0.538. The van der Waals surface area contributed by atoms with Crippen molar-refractivity contribution < 1.29 is 4.79 Å². The van der Waals surface area contributed by atoms with Gasteiger partial charge < -0.3 is 15.6 Å². The molecule has 5 nitrogen and oxygen atoms in total. The second kappa shape index (κ2) is 9.58. The van der Waals surface area contributed by atoms with Gasteiger partial charge in [0.2, 0.25) is 5.91 Å². The average molecular weight is 288 g/mol. The van der Waals surface area contributed by atoms with Crippen molar-refractivity contribution in [2.75, 3.05) is 11.9 Å². The molecule has 1 aromatic heterocycles. The van der Waals surface area contributed by atoms with Crippen LogP contribution >= 0.6 is 12.4 Å². The standard InChI is InChI=1S/C13H21N3O2.ClH/c1-16-10-6-7-11(13(16)18)15-12(17)8-4-2-3-5-9-14;/h6-7,10H,2-5,8-9,14H2,1H3,(H,15,17);1H. The van der Waals surface area contributed by atoms with Crippen LogP contribution in [0.4, 0.5) is 5.69 Å². The van der Waals surface area contributed by atoms with Crippen LogP contribution in [0.3, 0.4) is 0 Å². The Hall–Kier alpha value is -1.33. The molecular formula is C13H22ClN3O2. The minimum atomic E-state index is -0.186. The molecule has 1 heterocycles. The summed E-state index contributed by atoms with van der Waals surface area (Å²) < 4.78 is 1.44. The summed E-state index contributed by atoms with van der Waals surface area (Å²) in [7, 11) is 1.66. The van der Waals surface area contributed by atoms with Gasteiger partial charge in [-0.3, -0.25) is 9.59 Å². The number of rotatable bonds is 7. The first-order chi connectivity index (χ1) is 8.65.